The second kappa shape index (κ2) is 7.43. The molecule has 1 aromatic rings. The summed E-state index contributed by atoms with van der Waals surface area (Å²) in [6.07, 6.45) is 8.51. The minimum absolute atomic E-state index is 0.000965. The number of carbonyl (C=O) groups excluding carboxylic acids is 2. The van der Waals surface area contributed by atoms with E-state index in [1.165, 1.54) is 6.42 Å². The lowest BCUT2D eigenvalue weighted by Crippen LogP contribution is -2.53. The van der Waals surface area contributed by atoms with Gasteiger partial charge >= 0.3 is 0 Å². The van der Waals surface area contributed by atoms with E-state index in [0.717, 1.165) is 44.4 Å². The number of nitrogens with one attached hydrogen (secondary N) is 1. The molecule has 0 radical (unpaired) electrons. The highest BCUT2D eigenvalue weighted by atomic mass is 16.5. The minimum Gasteiger partial charge on any atom is -0.376 e. The smallest absolute Gasteiger partial charge is 0.249 e. The Morgan fingerprint density at radius 1 is 1.27 bits per heavy atom. The summed E-state index contributed by atoms with van der Waals surface area (Å²) in [6.45, 7) is 3.77. The predicted molar refractivity (Wildman–Crippen MR) is 97.4 cm³/mol. The lowest BCUT2D eigenvalue weighted by molar-refractivity contribution is -0.146. The molecule has 4 rings (SSSR count). The van der Waals surface area contributed by atoms with Gasteiger partial charge in [-0.25, -0.2) is 0 Å². The van der Waals surface area contributed by atoms with Gasteiger partial charge in [0.15, 0.2) is 6.04 Å². The number of aromatic nitrogens is 1. The Morgan fingerprint density at radius 3 is 2.88 bits per heavy atom. The fraction of sp³-hybridized carbons (Fsp3) is 0.700. The van der Waals surface area contributed by atoms with Gasteiger partial charge in [-0.1, -0.05) is 19.8 Å². The van der Waals surface area contributed by atoms with E-state index in [0.29, 0.717) is 19.0 Å². The molecule has 1 aliphatic carbocycles. The van der Waals surface area contributed by atoms with Gasteiger partial charge in [0.05, 0.1) is 11.8 Å². The molecule has 1 aromatic heterocycles. The van der Waals surface area contributed by atoms with Crippen molar-refractivity contribution in [1.29, 1.82) is 0 Å². The van der Waals surface area contributed by atoms with Crippen molar-refractivity contribution in [1.82, 2.24) is 14.8 Å². The van der Waals surface area contributed by atoms with Crippen molar-refractivity contribution in [3.8, 4) is 0 Å². The van der Waals surface area contributed by atoms with Crippen LogP contribution in [0, 0.1) is 5.92 Å². The molecule has 1 saturated carbocycles. The van der Waals surface area contributed by atoms with Crippen LogP contribution in [-0.2, 0) is 20.9 Å². The number of rotatable bonds is 4. The number of hydrogen-bond acceptors (Lipinski definition) is 3. The number of nitrogens with zero attached hydrogens (tertiary/aromatic N) is 2. The minimum atomic E-state index is -0.551. The van der Waals surface area contributed by atoms with Crippen LogP contribution in [0.2, 0.25) is 0 Å². The van der Waals surface area contributed by atoms with Gasteiger partial charge in [-0.2, -0.15) is 0 Å². The Bertz CT molecular complexity index is 665. The molecule has 4 atom stereocenters. The van der Waals surface area contributed by atoms with Crippen LogP contribution >= 0.6 is 0 Å². The summed E-state index contributed by atoms with van der Waals surface area (Å²) < 4.78 is 7.64. The van der Waals surface area contributed by atoms with E-state index in [4.69, 9.17) is 4.74 Å². The third kappa shape index (κ3) is 3.39. The zero-order valence-corrected chi connectivity index (χ0v) is 15.5. The quantitative estimate of drug-likeness (QED) is 0.897. The van der Waals surface area contributed by atoms with Gasteiger partial charge in [0.2, 0.25) is 11.8 Å². The van der Waals surface area contributed by atoms with Crippen LogP contribution in [0.5, 0.6) is 0 Å². The van der Waals surface area contributed by atoms with Crippen molar-refractivity contribution in [3.05, 3.63) is 24.0 Å². The van der Waals surface area contributed by atoms with E-state index in [1.807, 2.05) is 22.9 Å². The Morgan fingerprint density at radius 2 is 2.12 bits per heavy atom. The number of fused-ring (bicyclic) bond motifs is 1. The summed E-state index contributed by atoms with van der Waals surface area (Å²) in [6, 6.07) is 3.54. The Balaban J connectivity index is 1.56. The van der Waals surface area contributed by atoms with Crippen molar-refractivity contribution in [2.24, 2.45) is 5.92 Å². The van der Waals surface area contributed by atoms with Crippen LogP contribution in [0.1, 0.15) is 57.2 Å². The summed E-state index contributed by atoms with van der Waals surface area (Å²) in [5.74, 6) is 0.446. The van der Waals surface area contributed by atoms with Crippen LogP contribution in [0.15, 0.2) is 18.3 Å². The van der Waals surface area contributed by atoms with Gasteiger partial charge in [0.1, 0.15) is 6.54 Å². The second-order valence-corrected chi connectivity index (χ2v) is 8.02. The topological polar surface area (TPSA) is 63.6 Å². The zero-order chi connectivity index (χ0) is 18.1. The average Bonchev–Trinajstić information content (AvgIpc) is 3.29. The van der Waals surface area contributed by atoms with E-state index in [-0.39, 0.29) is 24.0 Å². The van der Waals surface area contributed by atoms with E-state index in [9.17, 15) is 9.59 Å². The SMILES string of the molecule is CC1CCCCC1NC(=O)C1c2cccn2CC(=O)N1CC1CCCO1. The van der Waals surface area contributed by atoms with Gasteiger partial charge in [0.25, 0.3) is 0 Å². The Hall–Kier alpha value is -1.82. The average molecular weight is 359 g/mol. The number of carbonyl (C=O) groups is 2. The molecule has 1 N–H and O–H groups in total. The fourth-order valence-corrected chi connectivity index (χ4v) is 4.64. The largest absolute Gasteiger partial charge is 0.376 e. The maximum Gasteiger partial charge on any atom is 0.249 e. The van der Waals surface area contributed by atoms with Crippen molar-refractivity contribution in [2.45, 2.75) is 70.2 Å². The summed E-state index contributed by atoms with van der Waals surface area (Å²) in [5.41, 5.74) is 0.906. The first-order valence-electron chi connectivity index (χ1n) is 10.00. The molecule has 0 aromatic carbocycles. The molecule has 26 heavy (non-hydrogen) atoms. The third-order valence-corrected chi connectivity index (χ3v) is 6.19. The summed E-state index contributed by atoms with van der Waals surface area (Å²) in [4.78, 5) is 27.8. The molecule has 142 valence electrons. The van der Waals surface area contributed by atoms with Crippen LogP contribution in [0.3, 0.4) is 0 Å². The molecule has 6 nitrogen and oxygen atoms in total. The molecular formula is C20H29N3O3. The van der Waals surface area contributed by atoms with Crippen LogP contribution in [0.25, 0.3) is 0 Å². The summed E-state index contributed by atoms with van der Waals surface area (Å²) in [7, 11) is 0. The molecule has 4 unspecified atom stereocenters. The normalized spacial score (nSPS) is 31.7. The molecule has 2 fully saturated rings. The van der Waals surface area contributed by atoms with Crippen LogP contribution < -0.4 is 5.32 Å². The first-order chi connectivity index (χ1) is 12.6. The van der Waals surface area contributed by atoms with Crippen molar-refractivity contribution in [3.63, 3.8) is 0 Å². The zero-order valence-electron chi connectivity index (χ0n) is 15.5. The summed E-state index contributed by atoms with van der Waals surface area (Å²) in [5, 5.41) is 3.26. The molecule has 0 spiro atoms. The first-order valence-corrected chi connectivity index (χ1v) is 10.00. The second-order valence-electron chi connectivity index (χ2n) is 8.02. The van der Waals surface area contributed by atoms with Gasteiger partial charge in [-0.15, -0.1) is 0 Å². The maximum atomic E-state index is 13.2. The molecule has 2 aliphatic heterocycles. The third-order valence-electron chi connectivity index (χ3n) is 6.19. The van der Waals surface area contributed by atoms with Crippen molar-refractivity contribution >= 4 is 11.8 Å². The highest BCUT2D eigenvalue weighted by molar-refractivity contribution is 5.90. The highest BCUT2D eigenvalue weighted by Gasteiger charge is 2.40. The molecule has 3 aliphatic rings. The first kappa shape index (κ1) is 17.6. The molecule has 3 heterocycles. The lowest BCUT2D eigenvalue weighted by atomic mass is 9.85. The van der Waals surface area contributed by atoms with Gasteiger partial charge in [-0.3, -0.25) is 9.59 Å². The van der Waals surface area contributed by atoms with E-state index in [2.05, 4.69) is 12.2 Å². The number of ether oxygens (including phenoxy) is 1. The lowest BCUT2D eigenvalue weighted by Gasteiger charge is -2.38. The van der Waals surface area contributed by atoms with Gasteiger partial charge in [-0.05, 0) is 43.7 Å². The molecule has 6 heteroatoms. The van der Waals surface area contributed by atoms with Crippen LogP contribution in [0.4, 0.5) is 0 Å². The van der Waals surface area contributed by atoms with Crippen LogP contribution in [-0.4, -0.2) is 46.6 Å². The van der Waals surface area contributed by atoms with E-state index < -0.39 is 6.04 Å². The standard InChI is InChI=1S/C20H29N3O3/c1-14-6-2-3-8-16(14)21-20(25)19-17-9-4-10-22(17)13-18(24)23(19)12-15-7-5-11-26-15/h4,9-10,14-16,19H,2-3,5-8,11-13H2,1H3,(H,21,25). The Labute approximate surface area is 154 Å². The molecular weight excluding hydrogens is 330 g/mol. The van der Waals surface area contributed by atoms with E-state index in [1.54, 1.807) is 4.90 Å². The predicted octanol–water partition coefficient (Wildman–Crippen LogP) is 2.25. The number of hydrogen-bond donors (Lipinski definition) is 1. The Kier molecular flexibility index (Phi) is 5.02. The van der Waals surface area contributed by atoms with Crippen molar-refractivity contribution in [2.75, 3.05) is 13.2 Å². The maximum absolute atomic E-state index is 13.2. The van der Waals surface area contributed by atoms with Gasteiger partial charge in [0, 0.05) is 25.4 Å². The van der Waals surface area contributed by atoms with Crippen molar-refractivity contribution < 1.29 is 14.3 Å². The number of amides is 2. The monoisotopic (exact) mass is 359 g/mol. The summed E-state index contributed by atoms with van der Waals surface area (Å²) >= 11 is 0. The molecule has 0 bridgehead atoms. The van der Waals surface area contributed by atoms with Gasteiger partial charge < -0.3 is 19.5 Å². The molecule has 1 saturated heterocycles. The van der Waals surface area contributed by atoms with E-state index >= 15 is 0 Å². The fourth-order valence-electron chi connectivity index (χ4n) is 4.64. The molecule has 2 amide bonds. The highest BCUT2D eigenvalue weighted by Crippen LogP contribution is 2.30.